The lowest BCUT2D eigenvalue weighted by atomic mass is 9.99. The van der Waals surface area contributed by atoms with Crippen molar-refractivity contribution < 1.29 is 9.53 Å². The minimum atomic E-state index is -0.168. The second kappa shape index (κ2) is 3.82. The van der Waals surface area contributed by atoms with Crippen molar-refractivity contribution in [3.63, 3.8) is 0 Å². The first kappa shape index (κ1) is 9.25. The molecule has 0 unspecified atom stereocenters. The van der Waals surface area contributed by atoms with Crippen LogP contribution >= 0.6 is 0 Å². The molecule has 0 atom stereocenters. The summed E-state index contributed by atoms with van der Waals surface area (Å²) in [5, 5.41) is 0. The summed E-state index contributed by atoms with van der Waals surface area (Å²) in [5.41, 5.74) is 3.14. The fourth-order valence-corrected chi connectivity index (χ4v) is 1.81. The summed E-state index contributed by atoms with van der Waals surface area (Å²) in [4.78, 5) is 11.3. The van der Waals surface area contributed by atoms with Crippen molar-refractivity contribution in [3.05, 3.63) is 34.9 Å². The fourth-order valence-electron chi connectivity index (χ4n) is 1.81. The number of ether oxygens (including phenoxy) is 1. The molecule has 0 saturated carbocycles. The Kier molecular flexibility index (Phi) is 2.53. The van der Waals surface area contributed by atoms with Crippen LogP contribution in [0.15, 0.2) is 18.2 Å². The Morgan fingerprint density at radius 3 is 3.07 bits per heavy atom. The highest BCUT2D eigenvalue weighted by molar-refractivity contribution is 5.93. The van der Waals surface area contributed by atoms with Gasteiger partial charge >= 0.3 is 5.97 Å². The average molecular weight is 190 g/mol. The maximum absolute atomic E-state index is 11.3. The number of cyclic esters (lactones) is 1. The molecular formula is C12H14O2. The summed E-state index contributed by atoms with van der Waals surface area (Å²) in [6.45, 7) is 2.64. The molecule has 0 N–H and O–H groups in total. The van der Waals surface area contributed by atoms with Crippen LogP contribution in [0.3, 0.4) is 0 Å². The lowest BCUT2D eigenvalue weighted by Crippen LogP contribution is -1.95. The molecule has 0 radical (unpaired) electrons. The second-order valence-corrected chi connectivity index (χ2v) is 3.62. The van der Waals surface area contributed by atoms with E-state index < -0.39 is 0 Å². The van der Waals surface area contributed by atoms with Crippen LogP contribution in [0.5, 0.6) is 0 Å². The van der Waals surface area contributed by atoms with Gasteiger partial charge in [0.25, 0.3) is 0 Å². The van der Waals surface area contributed by atoms with Crippen molar-refractivity contribution in [1.82, 2.24) is 0 Å². The molecule has 14 heavy (non-hydrogen) atoms. The summed E-state index contributed by atoms with van der Waals surface area (Å²) in [6.07, 6.45) is 3.40. The Hall–Kier alpha value is -1.31. The van der Waals surface area contributed by atoms with Crippen LogP contribution in [0.2, 0.25) is 0 Å². The number of carbonyl (C=O) groups excluding carboxylic acids is 1. The predicted molar refractivity (Wildman–Crippen MR) is 54.2 cm³/mol. The Morgan fingerprint density at radius 1 is 1.43 bits per heavy atom. The van der Waals surface area contributed by atoms with Crippen LogP contribution in [-0.2, 0) is 17.8 Å². The fraction of sp³-hybridized carbons (Fsp3) is 0.417. The van der Waals surface area contributed by atoms with E-state index in [0.717, 1.165) is 17.5 Å². The number of unbranched alkanes of at least 4 members (excludes halogenated alkanes) is 1. The van der Waals surface area contributed by atoms with Gasteiger partial charge in [0.1, 0.15) is 6.61 Å². The van der Waals surface area contributed by atoms with Gasteiger partial charge in [0.15, 0.2) is 0 Å². The van der Waals surface area contributed by atoms with Crippen LogP contribution in [0.1, 0.15) is 41.3 Å². The van der Waals surface area contributed by atoms with E-state index in [-0.39, 0.29) is 5.97 Å². The zero-order chi connectivity index (χ0) is 9.97. The first-order chi connectivity index (χ1) is 6.83. The maximum Gasteiger partial charge on any atom is 0.338 e. The molecule has 0 aromatic heterocycles. The van der Waals surface area contributed by atoms with Gasteiger partial charge in [0.2, 0.25) is 0 Å². The smallest absolute Gasteiger partial charge is 0.338 e. The predicted octanol–water partition coefficient (Wildman–Crippen LogP) is 2.70. The van der Waals surface area contributed by atoms with Crippen molar-refractivity contribution in [2.45, 2.75) is 32.8 Å². The Morgan fingerprint density at radius 2 is 2.29 bits per heavy atom. The normalized spacial score (nSPS) is 13.9. The van der Waals surface area contributed by atoms with Crippen LogP contribution < -0.4 is 0 Å². The quantitative estimate of drug-likeness (QED) is 0.685. The number of carbonyl (C=O) groups is 1. The van der Waals surface area contributed by atoms with Crippen molar-refractivity contribution in [2.75, 3.05) is 0 Å². The largest absolute Gasteiger partial charge is 0.457 e. The van der Waals surface area contributed by atoms with Gasteiger partial charge in [-0.3, -0.25) is 0 Å². The number of aryl methyl sites for hydroxylation is 1. The molecule has 2 heteroatoms. The maximum atomic E-state index is 11.3. The van der Waals surface area contributed by atoms with Gasteiger partial charge in [0, 0.05) is 5.56 Å². The number of rotatable bonds is 3. The highest BCUT2D eigenvalue weighted by atomic mass is 16.5. The number of benzene rings is 1. The van der Waals surface area contributed by atoms with E-state index in [1.165, 1.54) is 18.4 Å². The van der Waals surface area contributed by atoms with Gasteiger partial charge in [-0.2, -0.15) is 0 Å². The van der Waals surface area contributed by atoms with E-state index in [4.69, 9.17) is 4.74 Å². The minimum Gasteiger partial charge on any atom is -0.457 e. The third kappa shape index (κ3) is 1.52. The summed E-state index contributed by atoms with van der Waals surface area (Å²) in [6, 6.07) is 5.88. The van der Waals surface area contributed by atoms with Gasteiger partial charge in [0.05, 0.1) is 5.56 Å². The van der Waals surface area contributed by atoms with E-state index in [9.17, 15) is 4.79 Å². The van der Waals surface area contributed by atoms with Crippen LogP contribution in [0.25, 0.3) is 0 Å². The molecular weight excluding hydrogens is 176 g/mol. The molecule has 0 bridgehead atoms. The summed E-state index contributed by atoms with van der Waals surface area (Å²) in [5.74, 6) is -0.168. The second-order valence-electron chi connectivity index (χ2n) is 3.62. The highest BCUT2D eigenvalue weighted by Crippen LogP contribution is 2.24. The van der Waals surface area contributed by atoms with E-state index in [2.05, 4.69) is 13.0 Å². The first-order valence-electron chi connectivity index (χ1n) is 5.11. The van der Waals surface area contributed by atoms with Gasteiger partial charge in [-0.05, 0) is 24.5 Å². The Balaban J connectivity index is 2.29. The van der Waals surface area contributed by atoms with Gasteiger partial charge in [-0.25, -0.2) is 4.79 Å². The molecule has 0 aliphatic carbocycles. The van der Waals surface area contributed by atoms with Crippen LogP contribution in [0.4, 0.5) is 0 Å². The molecule has 0 spiro atoms. The van der Waals surface area contributed by atoms with Crippen molar-refractivity contribution in [2.24, 2.45) is 0 Å². The summed E-state index contributed by atoms with van der Waals surface area (Å²) < 4.78 is 5.00. The standard InChI is InChI=1S/C12H14O2/c1-2-3-5-9-6-4-7-10-11(9)8-14-12(10)13/h4,6-7H,2-3,5,8H2,1H3. The average Bonchev–Trinajstić information content (AvgIpc) is 2.58. The zero-order valence-corrected chi connectivity index (χ0v) is 8.38. The summed E-state index contributed by atoms with van der Waals surface area (Å²) in [7, 11) is 0. The SMILES string of the molecule is CCCCc1cccc2c1COC2=O. The molecule has 2 rings (SSSR count). The molecule has 1 heterocycles. The highest BCUT2D eigenvalue weighted by Gasteiger charge is 2.22. The van der Waals surface area contributed by atoms with Crippen LogP contribution in [-0.4, -0.2) is 5.97 Å². The van der Waals surface area contributed by atoms with Gasteiger partial charge in [-0.1, -0.05) is 25.5 Å². The molecule has 1 aromatic carbocycles. The van der Waals surface area contributed by atoms with E-state index in [0.29, 0.717) is 6.61 Å². The lowest BCUT2D eigenvalue weighted by Gasteiger charge is -2.04. The monoisotopic (exact) mass is 190 g/mol. The molecule has 0 fully saturated rings. The molecule has 1 aliphatic rings. The molecule has 2 nitrogen and oxygen atoms in total. The van der Waals surface area contributed by atoms with Gasteiger partial charge < -0.3 is 4.74 Å². The molecule has 1 aromatic rings. The third-order valence-corrected chi connectivity index (χ3v) is 2.64. The van der Waals surface area contributed by atoms with E-state index in [1.54, 1.807) is 0 Å². The number of fused-ring (bicyclic) bond motifs is 1. The number of esters is 1. The molecule has 74 valence electrons. The van der Waals surface area contributed by atoms with E-state index in [1.807, 2.05) is 12.1 Å². The van der Waals surface area contributed by atoms with Crippen molar-refractivity contribution in [3.8, 4) is 0 Å². The van der Waals surface area contributed by atoms with Crippen molar-refractivity contribution in [1.29, 1.82) is 0 Å². The van der Waals surface area contributed by atoms with Crippen molar-refractivity contribution >= 4 is 5.97 Å². The lowest BCUT2D eigenvalue weighted by molar-refractivity contribution is 0.0535. The summed E-state index contributed by atoms with van der Waals surface area (Å²) >= 11 is 0. The minimum absolute atomic E-state index is 0.168. The molecule has 0 amide bonds. The zero-order valence-electron chi connectivity index (χ0n) is 8.38. The van der Waals surface area contributed by atoms with E-state index >= 15 is 0 Å². The van der Waals surface area contributed by atoms with Crippen LogP contribution in [0, 0.1) is 0 Å². The first-order valence-corrected chi connectivity index (χ1v) is 5.11. The molecule has 1 aliphatic heterocycles. The molecule has 0 saturated heterocycles. The topological polar surface area (TPSA) is 26.3 Å². The van der Waals surface area contributed by atoms with Gasteiger partial charge in [-0.15, -0.1) is 0 Å². The number of hydrogen-bond donors (Lipinski definition) is 0. The third-order valence-electron chi connectivity index (χ3n) is 2.64. The number of hydrogen-bond acceptors (Lipinski definition) is 2. The Labute approximate surface area is 83.9 Å². The Bertz CT molecular complexity index is 355.